The van der Waals surface area contributed by atoms with E-state index in [4.69, 9.17) is 4.42 Å². The molecule has 0 saturated carbocycles. The molecule has 1 N–H and O–H groups in total. The van der Waals surface area contributed by atoms with Gasteiger partial charge in [0, 0.05) is 17.4 Å². The van der Waals surface area contributed by atoms with Crippen molar-refractivity contribution in [3.63, 3.8) is 0 Å². The van der Waals surface area contributed by atoms with Gasteiger partial charge in [-0.05, 0) is 63.4 Å². The molecule has 0 aliphatic rings. The summed E-state index contributed by atoms with van der Waals surface area (Å²) in [4.78, 5) is 27.9. The fourth-order valence-corrected chi connectivity index (χ4v) is 4.67. The Morgan fingerprint density at radius 3 is 2.06 bits per heavy atom. The van der Waals surface area contributed by atoms with E-state index in [1.54, 1.807) is 12.1 Å². The van der Waals surface area contributed by atoms with E-state index in [9.17, 15) is 14.7 Å². The number of nitrogens with zero attached hydrogens (tertiary/aromatic N) is 1. The van der Waals surface area contributed by atoms with E-state index in [2.05, 4.69) is 25.7 Å². The van der Waals surface area contributed by atoms with Crippen molar-refractivity contribution in [1.29, 1.82) is 0 Å². The molecule has 3 aromatic rings. The number of fused-ring (bicyclic) bond motifs is 1. The molecule has 194 valence electrons. The second-order valence-electron chi connectivity index (χ2n) is 9.67. The fourth-order valence-electron chi connectivity index (χ4n) is 4.67. The van der Waals surface area contributed by atoms with Gasteiger partial charge in [0.2, 0.25) is 0 Å². The third-order valence-corrected chi connectivity index (χ3v) is 6.82. The van der Waals surface area contributed by atoms with Gasteiger partial charge in [-0.15, -0.1) is 0 Å². The number of carbonyl (C=O) groups is 2. The average Bonchev–Trinajstić information content (AvgIpc) is 3.26. The Labute approximate surface area is 215 Å². The van der Waals surface area contributed by atoms with Gasteiger partial charge in [-0.3, -0.25) is 4.79 Å². The number of hydrogen-bond donors (Lipinski definition) is 1. The summed E-state index contributed by atoms with van der Waals surface area (Å²) in [7, 11) is 0. The number of carboxylic acid groups (broad SMARTS) is 1. The molecule has 0 atom stereocenters. The van der Waals surface area contributed by atoms with E-state index in [1.807, 2.05) is 24.3 Å². The standard InChI is InChI=1S/C31H41NO4/c1-4-7-15-27-28(25-13-10-14-26(31(34)35)30(25)36-27)29(33)24-18-16-23(17-19-24)12-11-22-32(20-8-5-2)21-9-6-3/h10,13-14,16-19H,4-9,11-12,15,20-22H2,1-3H3,(H,34,35). The first-order valence-electron chi connectivity index (χ1n) is 13.6. The first-order valence-corrected chi connectivity index (χ1v) is 13.6. The molecule has 1 aromatic heterocycles. The highest BCUT2D eigenvalue weighted by Gasteiger charge is 2.24. The maximum Gasteiger partial charge on any atom is 0.339 e. The SMILES string of the molecule is CCCCc1oc2c(C(=O)O)cccc2c1C(=O)c1ccc(CCCN(CCCC)CCCC)cc1. The van der Waals surface area contributed by atoms with Gasteiger partial charge < -0.3 is 14.4 Å². The van der Waals surface area contributed by atoms with Gasteiger partial charge >= 0.3 is 5.97 Å². The van der Waals surface area contributed by atoms with Gasteiger partial charge in [-0.25, -0.2) is 4.79 Å². The summed E-state index contributed by atoms with van der Waals surface area (Å²) >= 11 is 0. The van der Waals surface area contributed by atoms with Crippen LogP contribution in [0, 0.1) is 0 Å². The van der Waals surface area contributed by atoms with Gasteiger partial charge in [0.05, 0.1) is 5.56 Å². The number of ketones is 1. The quantitative estimate of drug-likeness (QED) is 0.210. The van der Waals surface area contributed by atoms with Gasteiger partial charge in [0.15, 0.2) is 5.78 Å². The number of hydrogen-bond acceptors (Lipinski definition) is 4. The molecule has 5 nitrogen and oxygen atoms in total. The molecule has 5 heteroatoms. The molecule has 0 fully saturated rings. The zero-order valence-corrected chi connectivity index (χ0v) is 22.1. The van der Waals surface area contributed by atoms with Gasteiger partial charge in [-0.2, -0.15) is 0 Å². The summed E-state index contributed by atoms with van der Waals surface area (Å²) in [5, 5.41) is 10.2. The van der Waals surface area contributed by atoms with Gasteiger partial charge in [0.1, 0.15) is 16.9 Å². The topological polar surface area (TPSA) is 70.7 Å². The molecule has 0 spiro atoms. The molecule has 2 aromatic carbocycles. The molecule has 1 heterocycles. The lowest BCUT2D eigenvalue weighted by Crippen LogP contribution is -2.27. The number of carbonyl (C=O) groups excluding carboxylic acids is 1. The first-order chi connectivity index (χ1) is 17.5. The fraction of sp³-hybridized carbons (Fsp3) is 0.484. The predicted molar refractivity (Wildman–Crippen MR) is 146 cm³/mol. The van der Waals surface area contributed by atoms with E-state index >= 15 is 0 Å². The third-order valence-electron chi connectivity index (χ3n) is 6.82. The molecule has 0 bridgehead atoms. The minimum Gasteiger partial charge on any atom is -0.478 e. The number of aryl methyl sites for hydroxylation is 2. The molecule has 36 heavy (non-hydrogen) atoms. The van der Waals surface area contributed by atoms with Crippen LogP contribution in [0.4, 0.5) is 0 Å². The molecule has 0 unspecified atom stereocenters. The average molecular weight is 492 g/mol. The monoisotopic (exact) mass is 491 g/mol. The highest BCUT2D eigenvalue weighted by Crippen LogP contribution is 2.32. The van der Waals surface area contributed by atoms with Crippen LogP contribution in [0.15, 0.2) is 46.9 Å². The zero-order chi connectivity index (χ0) is 25.9. The Morgan fingerprint density at radius 1 is 0.806 bits per heavy atom. The molecular formula is C31H41NO4. The summed E-state index contributed by atoms with van der Waals surface area (Å²) in [6.45, 7) is 10.0. The van der Waals surface area contributed by atoms with Gasteiger partial charge in [-0.1, -0.05) is 76.4 Å². The number of para-hydroxylation sites is 1. The molecule has 0 aliphatic carbocycles. The number of benzene rings is 2. The maximum absolute atomic E-state index is 13.6. The van der Waals surface area contributed by atoms with Crippen molar-refractivity contribution >= 4 is 22.7 Å². The number of aromatic carboxylic acids is 1. The summed E-state index contributed by atoms with van der Waals surface area (Å²) in [5.74, 6) is -0.587. The number of unbranched alkanes of at least 4 members (excludes halogenated alkanes) is 3. The van der Waals surface area contributed by atoms with E-state index in [-0.39, 0.29) is 16.9 Å². The van der Waals surface area contributed by atoms with Crippen molar-refractivity contribution in [3.8, 4) is 0 Å². The van der Waals surface area contributed by atoms with Crippen LogP contribution < -0.4 is 0 Å². The lowest BCUT2D eigenvalue weighted by Gasteiger charge is -2.21. The van der Waals surface area contributed by atoms with Crippen LogP contribution >= 0.6 is 0 Å². The summed E-state index contributed by atoms with van der Waals surface area (Å²) < 4.78 is 5.99. The van der Waals surface area contributed by atoms with Crippen molar-refractivity contribution < 1.29 is 19.1 Å². The minimum atomic E-state index is -1.05. The maximum atomic E-state index is 13.6. The van der Waals surface area contributed by atoms with Crippen molar-refractivity contribution in [2.75, 3.05) is 19.6 Å². The smallest absolute Gasteiger partial charge is 0.339 e. The summed E-state index contributed by atoms with van der Waals surface area (Å²) in [6, 6.07) is 12.9. The first kappa shape index (κ1) is 27.7. The summed E-state index contributed by atoms with van der Waals surface area (Å²) in [6.07, 6.45) is 9.47. The van der Waals surface area contributed by atoms with Crippen LogP contribution in [0.2, 0.25) is 0 Å². The molecule has 0 aliphatic heterocycles. The largest absolute Gasteiger partial charge is 0.478 e. The Kier molecular flexibility index (Phi) is 10.7. The lowest BCUT2D eigenvalue weighted by atomic mass is 9.96. The van der Waals surface area contributed by atoms with E-state index in [0.717, 1.165) is 32.2 Å². The molecule has 3 rings (SSSR count). The zero-order valence-electron chi connectivity index (χ0n) is 22.1. The Balaban J connectivity index is 1.75. The predicted octanol–water partition coefficient (Wildman–Crippen LogP) is 7.54. The second-order valence-corrected chi connectivity index (χ2v) is 9.67. The Bertz CT molecular complexity index is 1120. The van der Waals surface area contributed by atoms with Crippen LogP contribution in [0.25, 0.3) is 11.0 Å². The third kappa shape index (κ3) is 7.07. The van der Waals surface area contributed by atoms with E-state index < -0.39 is 5.97 Å². The van der Waals surface area contributed by atoms with E-state index in [1.165, 1.54) is 50.4 Å². The van der Waals surface area contributed by atoms with Gasteiger partial charge in [0.25, 0.3) is 0 Å². The van der Waals surface area contributed by atoms with Crippen molar-refractivity contribution in [2.24, 2.45) is 0 Å². The molecule has 0 amide bonds. The number of carboxylic acids is 1. The normalized spacial score (nSPS) is 11.4. The Morgan fingerprint density at radius 2 is 1.44 bits per heavy atom. The summed E-state index contributed by atoms with van der Waals surface area (Å²) in [5.41, 5.74) is 2.71. The van der Waals surface area contributed by atoms with Crippen molar-refractivity contribution in [1.82, 2.24) is 4.90 Å². The van der Waals surface area contributed by atoms with Crippen LogP contribution in [0.1, 0.15) is 103 Å². The second kappa shape index (κ2) is 14.0. The Hall–Kier alpha value is -2.92. The van der Waals surface area contributed by atoms with Crippen molar-refractivity contribution in [3.05, 3.63) is 70.5 Å². The molecule has 0 radical (unpaired) electrons. The van der Waals surface area contributed by atoms with Crippen LogP contribution in [0.3, 0.4) is 0 Å². The van der Waals surface area contributed by atoms with Crippen LogP contribution in [0.5, 0.6) is 0 Å². The minimum absolute atomic E-state index is 0.0894. The lowest BCUT2D eigenvalue weighted by molar-refractivity contribution is 0.0697. The van der Waals surface area contributed by atoms with Crippen molar-refractivity contribution in [2.45, 2.75) is 78.6 Å². The molecule has 0 saturated heterocycles. The molecular weight excluding hydrogens is 450 g/mol. The number of furan rings is 1. The van der Waals surface area contributed by atoms with E-state index in [0.29, 0.717) is 28.7 Å². The van der Waals surface area contributed by atoms with Crippen LogP contribution in [-0.4, -0.2) is 41.4 Å². The highest BCUT2D eigenvalue weighted by atomic mass is 16.4. The van der Waals surface area contributed by atoms with Crippen LogP contribution in [-0.2, 0) is 12.8 Å². The highest BCUT2D eigenvalue weighted by molar-refractivity contribution is 6.18. The number of rotatable bonds is 16.